The second-order valence-corrected chi connectivity index (χ2v) is 3.77. The molecule has 0 bridgehead atoms. The van der Waals surface area contributed by atoms with Gasteiger partial charge in [-0.3, -0.25) is 0 Å². The highest BCUT2D eigenvalue weighted by molar-refractivity contribution is 5.85. The minimum absolute atomic E-state index is 0.0278. The van der Waals surface area contributed by atoms with Gasteiger partial charge in [0, 0.05) is 17.2 Å². The maximum atomic E-state index is 9.60. The van der Waals surface area contributed by atoms with Crippen molar-refractivity contribution in [1.29, 1.82) is 0 Å². The first-order chi connectivity index (χ1) is 11.0. The van der Waals surface area contributed by atoms with Gasteiger partial charge in [0.15, 0.2) is 0 Å². The van der Waals surface area contributed by atoms with Crippen LogP contribution in [-0.2, 0) is 19.1 Å². The van der Waals surface area contributed by atoms with Gasteiger partial charge in [-0.2, -0.15) is 0 Å². The lowest BCUT2D eigenvalue weighted by atomic mass is 10.4. The highest BCUT2D eigenvalue weighted by Crippen LogP contribution is 1.81. The third kappa shape index (κ3) is 50.5. The fourth-order valence-electron chi connectivity index (χ4n) is 0.231. The third-order valence-electron chi connectivity index (χ3n) is 1.38. The smallest absolute Gasteiger partial charge is 0.330 e. The molecule has 0 aliphatic rings. The summed E-state index contributed by atoms with van der Waals surface area (Å²) in [5.74, 6) is -2.85. The van der Waals surface area contributed by atoms with Gasteiger partial charge in [0.2, 0.25) is 0 Å². The van der Waals surface area contributed by atoms with Gasteiger partial charge in [-0.1, -0.05) is 19.7 Å². The molecule has 0 rings (SSSR count). The Morgan fingerprint density at radius 2 is 1.08 bits per heavy atom. The molecular formula is C15H26O9. The number of hydrogen-bond donors (Lipinski definition) is 5. The van der Waals surface area contributed by atoms with Crippen LogP contribution in [0.4, 0.5) is 0 Å². The molecule has 24 heavy (non-hydrogen) atoms. The van der Waals surface area contributed by atoms with Gasteiger partial charge in [0.25, 0.3) is 0 Å². The van der Waals surface area contributed by atoms with Crippen LogP contribution < -0.4 is 0 Å². The molecule has 0 atom stereocenters. The van der Waals surface area contributed by atoms with Gasteiger partial charge in [-0.05, 0) is 13.8 Å². The van der Waals surface area contributed by atoms with Crippen molar-refractivity contribution in [3.05, 3.63) is 37.0 Å². The molecule has 0 fully saturated rings. The number of aliphatic carboxylic acids is 3. The molecule has 0 amide bonds. The van der Waals surface area contributed by atoms with Crippen LogP contribution in [0.15, 0.2) is 37.0 Å². The van der Waals surface area contributed by atoms with E-state index in [0.717, 1.165) is 6.08 Å². The minimum Gasteiger partial charge on any atom is -0.478 e. The number of hydrogen-bond acceptors (Lipinski definition) is 6. The van der Waals surface area contributed by atoms with Crippen LogP contribution in [-0.4, -0.2) is 69.9 Å². The summed E-state index contributed by atoms with van der Waals surface area (Å²) in [6.07, 6.45) is 0.833. The Balaban J connectivity index is -0.000000112. The first-order valence-corrected chi connectivity index (χ1v) is 6.40. The molecule has 0 aromatic carbocycles. The molecule has 0 heterocycles. The van der Waals surface area contributed by atoms with E-state index in [-0.39, 0.29) is 24.4 Å². The fraction of sp³-hybridized carbons (Fsp3) is 0.400. The quantitative estimate of drug-likeness (QED) is 0.326. The van der Waals surface area contributed by atoms with Crippen molar-refractivity contribution >= 4 is 17.9 Å². The molecular weight excluding hydrogens is 324 g/mol. The van der Waals surface area contributed by atoms with Crippen molar-refractivity contribution in [2.45, 2.75) is 13.8 Å². The van der Waals surface area contributed by atoms with E-state index in [4.69, 9.17) is 25.5 Å². The maximum Gasteiger partial charge on any atom is 0.330 e. The van der Waals surface area contributed by atoms with Gasteiger partial charge in [-0.25, -0.2) is 14.4 Å². The number of carboxylic acid groups (broad SMARTS) is 3. The van der Waals surface area contributed by atoms with Crippen molar-refractivity contribution in [3.8, 4) is 0 Å². The predicted octanol–water partition coefficient (Wildman–Crippen LogP) is 0.539. The molecule has 0 aromatic heterocycles. The average molecular weight is 350 g/mol. The standard InChI is InChI=1S/C4H10O3.2C4H6O2.C3H4O2/c5-1-3-7-4-2-6;2*1-3(2)4(5)6;1-2-3(4)5/h5-6H,1-4H2;2*1H2,2H3,(H,5,6);2H,1H2,(H,4,5). The van der Waals surface area contributed by atoms with Gasteiger partial charge in [-0.15, -0.1) is 0 Å². The van der Waals surface area contributed by atoms with Crippen LogP contribution in [0.1, 0.15) is 13.8 Å². The summed E-state index contributed by atoms with van der Waals surface area (Å²) in [5, 5.41) is 39.6. The minimum atomic E-state index is -0.981. The van der Waals surface area contributed by atoms with Crippen LogP contribution in [0.2, 0.25) is 0 Å². The normalized spacial score (nSPS) is 7.83. The van der Waals surface area contributed by atoms with Crippen LogP contribution in [0, 0.1) is 0 Å². The summed E-state index contributed by atoms with van der Waals surface area (Å²) >= 11 is 0. The Bertz CT molecular complexity index is 348. The Kier molecular flexibility index (Phi) is 28.0. The zero-order chi connectivity index (χ0) is 20.1. The number of carboxylic acids is 3. The lowest BCUT2D eigenvalue weighted by molar-refractivity contribution is -0.133. The van der Waals surface area contributed by atoms with E-state index in [0.29, 0.717) is 13.2 Å². The summed E-state index contributed by atoms with van der Waals surface area (Å²) in [5.41, 5.74) is 0.352. The second-order valence-electron chi connectivity index (χ2n) is 3.77. The number of carbonyl (C=O) groups is 3. The summed E-state index contributed by atoms with van der Waals surface area (Å²) < 4.78 is 4.63. The van der Waals surface area contributed by atoms with Crippen molar-refractivity contribution in [2.75, 3.05) is 26.4 Å². The zero-order valence-electron chi connectivity index (χ0n) is 13.9. The Morgan fingerprint density at radius 1 is 0.875 bits per heavy atom. The lowest BCUT2D eigenvalue weighted by Crippen LogP contribution is -2.03. The molecule has 0 aliphatic heterocycles. The number of aliphatic hydroxyl groups is 2. The molecule has 140 valence electrons. The summed E-state index contributed by atoms with van der Waals surface area (Å²) in [4.78, 5) is 28.4. The monoisotopic (exact) mass is 350 g/mol. The number of rotatable bonds is 7. The number of aliphatic hydroxyl groups excluding tert-OH is 2. The zero-order valence-corrected chi connectivity index (χ0v) is 13.9. The molecule has 9 nitrogen and oxygen atoms in total. The fourth-order valence-corrected chi connectivity index (χ4v) is 0.231. The highest BCUT2D eigenvalue weighted by Gasteiger charge is 1.90. The number of ether oxygens (including phenoxy) is 1. The molecule has 0 radical (unpaired) electrons. The largest absolute Gasteiger partial charge is 0.478 e. The molecule has 0 saturated carbocycles. The third-order valence-corrected chi connectivity index (χ3v) is 1.38. The van der Waals surface area contributed by atoms with Crippen LogP contribution in [0.25, 0.3) is 0 Å². The maximum absolute atomic E-state index is 9.60. The van der Waals surface area contributed by atoms with E-state index in [9.17, 15) is 14.4 Å². The topological polar surface area (TPSA) is 162 Å². The van der Waals surface area contributed by atoms with Crippen molar-refractivity contribution in [1.82, 2.24) is 0 Å². The van der Waals surface area contributed by atoms with E-state index in [2.05, 4.69) is 24.5 Å². The van der Waals surface area contributed by atoms with Gasteiger partial charge in [0.05, 0.1) is 26.4 Å². The highest BCUT2D eigenvalue weighted by atomic mass is 16.5. The van der Waals surface area contributed by atoms with Crippen molar-refractivity contribution in [3.63, 3.8) is 0 Å². The van der Waals surface area contributed by atoms with Gasteiger partial charge < -0.3 is 30.3 Å². The predicted molar refractivity (Wildman–Crippen MR) is 87.7 cm³/mol. The summed E-state index contributed by atoms with van der Waals surface area (Å²) in [6, 6.07) is 0. The molecule has 0 aromatic rings. The molecule has 9 heteroatoms. The molecule has 0 unspecified atom stereocenters. The van der Waals surface area contributed by atoms with E-state index in [1.165, 1.54) is 13.8 Å². The van der Waals surface area contributed by atoms with Crippen molar-refractivity contribution in [2.24, 2.45) is 0 Å². The SMILES string of the molecule is C=C(C)C(=O)O.C=C(C)C(=O)O.C=CC(=O)O.OCCOCCO. The van der Waals surface area contributed by atoms with E-state index >= 15 is 0 Å². The molecule has 0 spiro atoms. The van der Waals surface area contributed by atoms with E-state index < -0.39 is 17.9 Å². The molecule has 0 aliphatic carbocycles. The lowest BCUT2D eigenvalue weighted by Gasteiger charge is -1.94. The van der Waals surface area contributed by atoms with Crippen LogP contribution >= 0.6 is 0 Å². The van der Waals surface area contributed by atoms with E-state index in [1.54, 1.807) is 0 Å². The van der Waals surface area contributed by atoms with Gasteiger partial charge in [0.1, 0.15) is 0 Å². The molecule has 0 saturated heterocycles. The average Bonchev–Trinajstić information content (AvgIpc) is 2.49. The summed E-state index contributed by atoms with van der Waals surface area (Å²) in [7, 11) is 0. The molecule has 5 N–H and O–H groups in total. The Labute approximate surface area is 140 Å². The van der Waals surface area contributed by atoms with Gasteiger partial charge >= 0.3 is 17.9 Å². The Hall–Kier alpha value is -2.49. The van der Waals surface area contributed by atoms with E-state index in [1.807, 2.05) is 0 Å². The van der Waals surface area contributed by atoms with Crippen LogP contribution in [0.5, 0.6) is 0 Å². The second kappa shape index (κ2) is 22.8. The first-order valence-electron chi connectivity index (χ1n) is 6.40. The summed E-state index contributed by atoms with van der Waals surface area (Å²) in [6.45, 7) is 12.9. The van der Waals surface area contributed by atoms with Crippen molar-refractivity contribution < 1.29 is 44.7 Å². The van der Waals surface area contributed by atoms with Crippen LogP contribution in [0.3, 0.4) is 0 Å². The first kappa shape index (κ1) is 29.5. The Morgan fingerprint density at radius 3 is 1.17 bits per heavy atom.